The molecule has 1 aliphatic rings. The first kappa shape index (κ1) is 14.4. The molecule has 0 radical (unpaired) electrons. The van der Waals surface area contributed by atoms with Crippen molar-refractivity contribution in [3.63, 3.8) is 0 Å². The van der Waals surface area contributed by atoms with Gasteiger partial charge in [-0.2, -0.15) is 0 Å². The Balaban J connectivity index is 2.00. The van der Waals surface area contributed by atoms with E-state index >= 15 is 0 Å². The third-order valence-corrected chi connectivity index (χ3v) is 3.90. The molecule has 2 unspecified atom stereocenters. The monoisotopic (exact) mass is 276 g/mol. The zero-order valence-electron chi connectivity index (χ0n) is 11.6. The molecule has 4 N–H and O–H groups in total. The second-order valence-electron chi connectivity index (χ2n) is 5.44. The van der Waals surface area contributed by atoms with Crippen LogP contribution in [0.5, 0.6) is 0 Å². The van der Waals surface area contributed by atoms with E-state index < -0.39 is 5.97 Å². The molecular weight excluding hydrogens is 256 g/mol. The van der Waals surface area contributed by atoms with Gasteiger partial charge in [0.1, 0.15) is 0 Å². The zero-order chi connectivity index (χ0) is 14.7. The molecule has 1 aromatic carbocycles. The van der Waals surface area contributed by atoms with Crippen LogP contribution in [0.1, 0.15) is 41.6 Å². The Morgan fingerprint density at radius 3 is 2.75 bits per heavy atom. The number of nitrogens with two attached hydrogens (primary N) is 1. The highest BCUT2D eigenvalue weighted by Gasteiger charge is 2.27. The van der Waals surface area contributed by atoms with E-state index in [1.165, 1.54) is 0 Å². The topological polar surface area (TPSA) is 92.4 Å². The summed E-state index contributed by atoms with van der Waals surface area (Å²) in [5.41, 5.74) is 7.84. The number of hydrogen-bond donors (Lipinski definition) is 3. The number of nitrogen functional groups attached to an aromatic ring is 1. The van der Waals surface area contributed by atoms with Crippen LogP contribution in [-0.2, 0) is 4.79 Å². The second kappa shape index (κ2) is 5.94. The molecule has 0 heterocycles. The molecule has 5 nitrogen and oxygen atoms in total. The van der Waals surface area contributed by atoms with Gasteiger partial charge in [-0.3, -0.25) is 9.59 Å². The van der Waals surface area contributed by atoms with Crippen LogP contribution in [0.15, 0.2) is 18.2 Å². The number of nitrogens with one attached hydrogen (secondary N) is 1. The molecular formula is C15H20N2O3. The van der Waals surface area contributed by atoms with Gasteiger partial charge in [0.05, 0.1) is 5.92 Å². The van der Waals surface area contributed by atoms with Crippen molar-refractivity contribution in [2.75, 3.05) is 5.73 Å². The van der Waals surface area contributed by atoms with Crippen LogP contribution in [0.25, 0.3) is 0 Å². The number of amides is 1. The van der Waals surface area contributed by atoms with Crippen molar-refractivity contribution >= 4 is 17.6 Å². The van der Waals surface area contributed by atoms with Crippen LogP contribution >= 0.6 is 0 Å². The van der Waals surface area contributed by atoms with Crippen molar-refractivity contribution in [2.45, 2.75) is 38.6 Å². The van der Waals surface area contributed by atoms with E-state index in [0.29, 0.717) is 24.1 Å². The maximum absolute atomic E-state index is 12.1. The quantitative estimate of drug-likeness (QED) is 0.736. The third-order valence-electron chi connectivity index (χ3n) is 3.90. The van der Waals surface area contributed by atoms with E-state index in [4.69, 9.17) is 10.8 Å². The molecule has 1 amide bonds. The van der Waals surface area contributed by atoms with Gasteiger partial charge in [-0.05, 0) is 43.9 Å². The van der Waals surface area contributed by atoms with Crippen LogP contribution in [0.3, 0.4) is 0 Å². The van der Waals surface area contributed by atoms with E-state index in [0.717, 1.165) is 18.4 Å². The number of aryl methyl sites for hydroxylation is 1. The van der Waals surface area contributed by atoms with Crippen LogP contribution < -0.4 is 11.1 Å². The number of aliphatic carboxylic acids is 1. The Morgan fingerprint density at radius 2 is 2.10 bits per heavy atom. The first-order valence-corrected chi connectivity index (χ1v) is 6.87. The molecule has 1 aliphatic carbocycles. The van der Waals surface area contributed by atoms with Gasteiger partial charge in [0.15, 0.2) is 0 Å². The van der Waals surface area contributed by atoms with Gasteiger partial charge in [0, 0.05) is 17.3 Å². The Morgan fingerprint density at radius 1 is 1.35 bits per heavy atom. The summed E-state index contributed by atoms with van der Waals surface area (Å²) in [5.74, 6) is -1.31. The molecule has 20 heavy (non-hydrogen) atoms. The highest BCUT2D eigenvalue weighted by Crippen LogP contribution is 2.25. The standard InChI is InChI=1S/C15H20N2O3/c1-9-5-6-10(8-13(9)16)14(18)17-12-4-2-3-11(7-12)15(19)20/h5-6,8,11-12H,2-4,7,16H2,1H3,(H,17,18)(H,19,20). The van der Waals surface area contributed by atoms with Gasteiger partial charge >= 0.3 is 5.97 Å². The summed E-state index contributed by atoms with van der Waals surface area (Å²) >= 11 is 0. The first-order valence-electron chi connectivity index (χ1n) is 6.87. The van der Waals surface area contributed by atoms with E-state index in [-0.39, 0.29) is 17.9 Å². The average molecular weight is 276 g/mol. The van der Waals surface area contributed by atoms with Gasteiger partial charge in [0.25, 0.3) is 5.91 Å². The van der Waals surface area contributed by atoms with Crippen molar-refractivity contribution in [3.8, 4) is 0 Å². The third kappa shape index (κ3) is 3.29. The molecule has 0 aromatic heterocycles. The van der Waals surface area contributed by atoms with Crippen molar-refractivity contribution in [3.05, 3.63) is 29.3 Å². The van der Waals surface area contributed by atoms with Crippen molar-refractivity contribution in [2.24, 2.45) is 5.92 Å². The molecule has 1 aromatic rings. The molecule has 0 spiro atoms. The zero-order valence-corrected chi connectivity index (χ0v) is 11.6. The molecule has 1 saturated carbocycles. The number of carboxylic acid groups (broad SMARTS) is 1. The highest BCUT2D eigenvalue weighted by atomic mass is 16.4. The van der Waals surface area contributed by atoms with Crippen molar-refractivity contribution < 1.29 is 14.7 Å². The van der Waals surface area contributed by atoms with Gasteiger partial charge < -0.3 is 16.2 Å². The lowest BCUT2D eigenvalue weighted by Gasteiger charge is -2.27. The minimum atomic E-state index is -0.775. The predicted octanol–water partition coefficient (Wildman–Crippen LogP) is 1.95. The smallest absolute Gasteiger partial charge is 0.306 e. The molecule has 108 valence electrons. The summed E-state index contributed by atoms with van der Waals surface area (Å²) in [5, 5.41) is 12.0. The number of benzene rings is 1. The number of carbonyl (C=O) groups excluding carboxylic acids is 1. The molecule has 0 saturated heterocycles. The second-order valence-corrected chi connectivity index (χ2v) is 5.44. The Kier molecular flexibility index (Phi) is 4.27. The van der Waals surface area contributed by atoms with Gasteiger partial charge in [-0.1, -0.05) is 12.5 Å². The maximum atomic E-state index is 12.1. The predicted molar refractivity (Wildman–Crippen MR) is 76.4 cm³/mol. The van der Waals surface area contributed by atoms with Crippen LogP contribution in [-0.4, -0.2) is 23.0 Å². The first-order chi connectivity index (χ1) is 9.47. The molecule has 0 aliphatic heterocycles. The van der Waals surface area contributed by atoms with E-state index in [1.54, 1.807) is 12.1 Å². The summed E-state index contributed by atoms with van der Waals surface area (Å²) < 4.78 is 0. The number of hydrogen-bond acceptors (Lipinski definition) is 3. The lowest BCUT2D eigenvalue weighted by molar-refractivity contribution is -0.143. The molecule has 2 atom stereocenters. The minimum absolute atomic E-state index is 0.0696. The minimum Gasteiger partial charge on any atom is -0.481 e. The van der Waals surface area contributed by atoms with Crippen LogP contribution in [0.4, 0.5) is 5.69 Å². The Labute approximate surface area is 118 Å². The fourth-order valence-corrected chi connectivity index (χ4v) is 2.60. The van der Waals surface area contributed by atoms with E-state index in [9.17, 15) is 9.59 Å². The van der Waals surface area contributed by atoms with E-state index in [2.05, 4.69) is 5.32 Å². The average Bonchev–Trinajstić information content (AvgIpc) is 2.42. The van der Waals surface area contributed by atoms with Crippen molar-refractivity contribution in [1.82, 2.24) is 5.32 Å². The van der Waals surface area contributed by atoms with Gasteiger partial charge in [-0.25, -0.2) is 0 Å². The molecule has 1 fully saturated rings. The van der Waals surface area contributed by atoms with Gasteiger partial charge in [0.2, 0.25) is 0 Å². The number of anilines is 1. The molecule has 5 heteroatoms. The number of carboxylic acids is 1. The number of carbonyl (C=O) groups is 2. The Hall–Kier alpha value is -2.04. The normalized spacial score (nSPS) is 22.2. The molecule has 2 rings (SSSR count). The number of rotatable bonds is 3. The summed E-state index contributed by atoms with van der Waals surface area (Å²) in [6.45, 7) is 1.88. The lowest BCUT2D eigenvalue weighted by atomic mass is 9.85. The van der Waals surface area contributed by atoms with Gasteiger partial charge in [-0.15, -0.1) is 0 Å². The van der Waals surface area contributed by atoms with Crippen LogP contribution in [0.2, 0.25) is 0 Å². The van der Waals surface area contributed by atoms with Crippen LogP contribution in [0, 0.1) is 12.8 Å². The van der Waals surface area contributed by atoms with Crippen molar-refractivity contribution in [1.29, 1.82) is 0 Å². The summed E-state index contributed by atoms with van der Waals surface area (Å²) in [6.07, 6.45) is 2.86. The fourth-order valence-electron chi connectivity index (χ4n) is 2.60. The summed E-state index contributed by atoms with van der Waals surface area (Å²) in [7, 11) is 0. The van der Waals surface area contributed by atoms with E-state index in [1.807, 2.05) is 13.0 Å². The largest absolute Gasteiger partial charge is 0.481 e. The SMILES string of the molecule is Cc1ccc(C(=O)NC2CCCC(C(=O)O)C2)cc1N. The summed E-state index contributed by atoms with van der Waals surface area (Å²) in [4.78, 5) is 23.1. The Bertz CT molecular complexity index is 528. The molecule has 0 bridgehead atoms. The summed E-state index contributed by atoms with van der Waals surface area (Å²) in [6, 6.07) is 5.13. The lowest BCUT2D eigenvalue weighted by Crippen LogP contribution is -2.39. The highest BCUT2D eigenvalue weighted by molar-refractivity contribution is 5.95. The fraction of sp³-hybridized carbons (Fsp3) is 0.467. The maximum Gasteiger partial charge on any atom is 0.306 e.